The predicted molar refractivity (Wildman–Crippen MR) is 45.3 cm³/mol. The molecule has 1 aromatic rings. The van der Waals surface area contributed by atoms with Gasteiger partial charge < -0.3 is 5.11 Å². The molecule has 1 heterocycles. The van der Waals surface area contributed by atoms with Gasteiger partial charge in [-0.25, -0.2) is 4.79 Å². The Kier molecular flexibility index (Phi) is 2.43. The van der Waals surface area contributed by atoms with Gasteiger partial charge in [0, 0.05) is 12.4 Å². The van der Waals surface area contributed by atoms with Crippen LogP contribution in [0.1, 0.15) is 28.4 Å². The Morgan fingerprint density at radius 2 is 2.25 bits per heavy atom. The highest BCUT2D eigenvalue weighted by Gasteiger charge is 2.11. The van der Waals surface area contributed by atoms with Crippen LogP contribution in [0, 0.1) is 6.92 Å². The SMILES string of the molecule is CCc1cncc(C)c1C(=O)O. The van der Waals surface area contributed by atoms with Crippen molar-refractivity contribution < 1.29 is 9.90 Å². The number of aromatic nitrogens is 1. The average Bonchev–Trinajstić information content (AvgIpc) is 2.03. The standard InChI is InChI=1S/C9H11NO2/c1-3-7-5-10-4-6(2)8(7)9(11)12/h4-5H,3H2,1-2H3,(H,11,12). The maximum atomic E-state index is 10.8. The lowest BCUT2D eigenvalue weighted by atomic mass is 10.0. The van der Waals surface area contributed by atoms with Crippen LogP contribution in [-0.2, 0) is 6.42 Å². The minimum atomic E-state index is -0.869. The first-order chi connectivity index (χ1) is 5.66. The van der Waals surface area contributed by atoms with E-state index in [1.807, 2.05) is 6.92 Å². The molecule has 3 nitrogen and oxygen atoms in total. The molecular formula is C9H11NO2. The number of hydrogen-bond acceptors (Lipinski definition) is 2. The Balaban J connectivity index is 3.29. The molecule has 0 unspecified atom stereocenters. The summed E-state index contributed by atoms with van der Waals surface area (Å²) in [6.07, 6.45) is 3.88. The topological polar surface area (TPSA) is 50.2 Å². The molecule has 0 aliphatic carbocycles. The highest BCUT2D eigenvalue weighted by Crippen LogP contribution is 2.12. The Morgan fingerprint density at radius 3 is 2.67 bits per heavy atom. The van der Waals surface area contributed by atoms with Crippen molar-refractivity contribution in [3.8, 4) is 0 Å². The molecule has 1 aromatic heterocycles. The van der Waals surface area contributed by atoms with E-state index in [-0.39, 0.29) is 0 Å². The first-order valence-electron chi connectivity index (χ1n) is 3.83. The highest BCUT2D eigenvalue weighted by molar-refractivity contribution is 5.90. The van der Waals surface area contributed by atoms with Gasteiger partial charge in [0.2, 0.25) is 0 Å². The van der Waals surface area contributed by atoms with Gasteiger partial charge in [0.15, 0.2) is 0 Å². The van der Waals surface area contributed by atoms with Crippen molar-refractivity contribution in [2.45, 2.75) is 20.3 Å². The monoisotopic (exact) mass is 165 g/mol. The maximum Gasteiger partial charge on any atom is 0.336 e. The van der Waals surface area contributed by atoms with E-state index in [1.165, 1.54) is 0 Å². The molecule has 0 bridgehead atoms. The highest BCUT2D eigenvalue weighted by atomic mass is 16.4. The summed E-state index contributed by atoms with van der Waals surface area (Å²) >= 11 is 0. The summed E-state index contributed by atoms with van der Waals surface area (Å²) < 4.78 is 0. The van der Waals surface area contributed by atoms with E-state index in [0.29, 0.717) is 12.0 Å². The van der Waals surface area contributed by atoms with Crippen LogP contribution < -0.4 is 0 Å². The number of aryl methyl sites for hydroxylation is 2. The van der Waals surface area contributed by atoms with Crippen LogP contribution in [0.2, 0.25) is 0 Å². The predicted octanol–water partition coefficient (Wildman–Crippen LogP) is 1.65. The zero-order valence-corrected chi connectivity index (χ0v) is 7.16. The van der Waals surface area contributed by atoms with Gasteiger partial charge in [-0.15, -0.1) is 0 Å². The number of rotatable bonds is 2. The van der Waals surface area contributed by atoms with E-state index in [9.17, 15) is 4.79 Å². The van der Waals surface area contributed by atoms with Crippen LogP contribution in [0.4, 0.5) is 0 Å². The minimum absolute atomic E-state index is 0.396. The van der Waals surface area contributed by atoms with Crippen molar-refractivity contribution in [3.63, 3.8) is 0 Å². The van der Waals surface area contributed by atoms with Crippen LogP contribution in [0.5, 0.6) is 0 Å². The molecule has 0 amide bonds. The smallest absolute Gasteiger partial charge is 0.336 e. The average molecular weight is 165 g/mol. The summed E-state index contributed by atoms with van der Waals surface area (Å²) in [5, 5.41) is 8.85. The molecule has 12 heavy (non-hydrogen) atoms. The molecule has 1 N–H and O–H groups in total. The fourth-order valence-corrected chi connectivity index (χ4v) is 1.20. The van der Waals surface area contributed by atoms with Gasteiger partial charge in [0.25, 0.3) is 0 Å². The largest absolute Gasteiger partial charge is 0.478 e. The van der Waals surface area contributed by atoms with E-state index >= 15 is 0 Å². The molecule has 1 rings (SSSR count). The number of hydrogen-bond donors (Lipinski definition) is 1. The molecule has 0 aliphatic rings. The van der Waals surface area contributed by atoms with Gasteiger partial charge in [-0.05, 0) is 24.5 Å². The maximum absolute atomic E-state index is 10.8. The lowest BCUT2D eigenvalue weighted by Gasteiger charge is -2.04. The molecule has 0 spiro atoms. The lowest BCUT2D eigenvalue weighted by molar-refractivity contribution is 0.0695. The second-order valence-corrected chi connectivity index (χ2v) is 2.65. The van der Waals surface area contributed by atoms with E-state index in [0.717, 1.165) is 11.1 Å². The van der Waals surface area contributed by atoms with Crippen molar-refractivity contribution in [2.75, 3.05) is 0 Å². The Labute approximate surface area is 71.1 Å². The van der Waals surface area contributed by atoms with Gasteiger partial charge in [0.1, 0.15) is 0 Å². The number of pyridine rings is 1. The minimum Gasteiger partial charge on any atom is -0.478 e. The summed E-state index contributed by atoms with van der Waals surface area (Å²) in [5.41, 5.74) is 1.91. The molecule has 0 fully saturated rings. The van der Waals surface area contributed by atoms with Crippen LogP contribution in [0.25, 0.3) is 0 Å². The van der Waals surface area contributed by atoms with Crippen molar-refractivity contribution in [3.05, 3.63) is 29.1 Å². The Morgan fingerprint density at radius 1 is 1.58 bits per heavy atom. The summed E-state index contributed by atoms with van der Waals surface area (Å²) in [4.78, 5) is 14.7. The summed E-state index contributed by atoms with van der Waals surface area (Å²) in [6, 6.07) is 0. The second-order valence-electron chi connectivity index (χ2n) is 2.65. The van der Waals surface area contributed by atoms with Crippen LogP contribution in [0.3, 0.4) is 0 Å². The van der Waals surface area contributed by atoms with E-state index < -0.39 is 5.97 Å². The molecular weight excluding hydrogens is 154 g/mol. The summed E-state index contributed by atoms with van der Waals surface area (Å²) in [5.74, 6) is -0.869. The first kappa shape index (κ1) is 8.71. The molecule has 0 aromatic carbocycles. The van der Waals surface area contributed by atoms with Gasteiger partial charge in [-0.2, -0.15) is 0 Å². The van der Waals surface area contributed by atoms with Crippen LogP contribution in [0.15, 0.2) is 12.4 Å². The molecule has 0 aliphatic heterocycles. The van der Waals surface area contributed by atoms with Crippen molar-refractivity contribution in [2.24, 2.45) is 0 Å². The molecule has 0 saturated heterocycles. The van der Waals surface area contributed by atoms with Gasteiger partial charge in [-0.1, -0.05) is 6.92 Å². The second kappa shape index (κ2) is 3.34. The normalized spacial score (nSPS) is 9.83. The number of aromatic carboxylic acids is 1. The number of carbonyl (C=O) groups is 1. The number of carboxylic acid groups (broad SMARTS) is 1. The van der Waals surface area contributed by atoms with E-state index in [4.69, 9.17) is 5.11 Å². The quantitative estimate of drug-likeness (QED) is 0.724. The van der Waals surface area contributed by atoms with Gasteiger partial charge >= 0.3 is 5.97 Å². The molecule has 0 radical (unpaired) electrons. The molecule has 0 saturated carbocycles. The third kappa shape index (κ3) is 1.44. The number of nitrogens with zero attached hydrogens (tertiary/aromatic N) is 1. The van der Waals surface area contributed by atoms with Gasteiger partial charge in [0.05, 0.1) is 5.56 Å². The van der Waals surface area contributed by atoms with Crippen molar-refractivity contribution in [1.29, 1.82) is 0 Å². The summed E-state index contributed by atoms with van der Waals surface area (Å²) in [6.45, 7) is 3.68. The lowest BCUT2D eigenvalue weighted by Crippen LogP contribution is -2.05. The fraction of sp³-hybridized carbons (Fsp3) is 0.333. The third-order valence-electron chi connectivity index (χ3n) is 1.81. The van der Waals surface area contributed by atoms with Crippen LogP contribution >= 0.6 is 0 Å². The first-order valence-corrected chi connectivity index (χ1v) is 3.83. The van der Waals surface area contributed by atoms with Crippen molar-refractivity contribution in [1.82, 2.24) is 4.98 Å². The number of carboxylic acids is 1. The molecule has 3 heteroatoms. The van der Waals surface area contributed by atoms with E-state index in [2.05, 4.69) is 4.98 Å². The zero-order valence-electron chi connectivity index (χ0n) is 7.16. The van der Waals surface area contributed by atoms with Crippen LogP contribution in [-0.4, -0.2) is 16.1 Å². The third-order valence-corrected chi connectivity index (χ3v) is 1.81. The molecule has 0 atom stereocenters. The Hall–Kier alpha value is -1.38. The van der Waals surface area contributed by atoms with Gasteiger partial charge in [-0.3, -0.25) is 4.98 Å². The Bertz CT molecular complexity index is 307. The zero-order chi connectivity index (χ0) is 9.14. The summed E-state index contributed by atoms with van der Waals surface area (Å²) in [7, 11) is 0. The fourth-order valence-electron chi connectivity index (χ4n) is 1.20. The molecule has 64 valence electrons. The van der Waals surface area contributed by atoms with Crippen molar-refractivity contribution >= 4 is 5.97 Å². The van der Waals surface area contributed by atoms with E-state index in [1.54, 1.807) is 19.3 Å².